The lowest BCUT2D eigenvalue weighted by Crippen LogP contribution is -2.39. The summed E-state index contributed by atoms with van der Waals surface area (Å²) in [6.45, 7) is 6.79. The molecule has 1 heterocycles. The average molecular weight is 264 g/mol. The zero-order valence-electron chi connectivity index (χ0n) is 12.2. The van der Waals surface area contributed by atoms with Crippen LogP contribution in [-0.4, -0.2) is 28.3 Å². The molecule has 0 aliphatic heterocycles. The normalized spacial score (nSPS) is 17.3. The summed E-state index contributed by atoms with van der Waals surface area (Å²) in [5.41, 5.74) is 7.44. The highest BCUT2D eigenvalue weighted by molar-refractivity contribution is 5.92. The number of nitrogens with two attached hydrogens (primary N) is 1. The zero-order valence-corrected chi connectivity index (χ0v) is 12.2. The molecule has 0 saturated heterocycles. The lowest BCUT2D eigenvalue weighted by molar-refractivity contribution is 0.0941. The van der Waals surface area contributed by atoms with Gasteiger partial charge in [-0.15, -0.1) is 0 Å². The summed E-state index contributed by atoms with van der Waals surface area (Å²) in [7, 11) is 1.80. The van der Waals surface area contributed by atoms with Crippen LogP contribution in [-0.2, 0) is 12.5 Å². The van der Waals surface area contributed by atoms with E-state index < -0.39 is 0 Å². The Morgan fingerprint density at radius 2 is 2.21 bits per heavy atom. The van der Waals surface area contributed by atoms with Crippen LogP contribution in [0, 0.1) is 5.92 Å². The van der Waals surface area contributed by atoms with Crippen LogP contribution in [0.3, 0.4) is 0 Å². The van der Waals surface area contributed by atoms with Gasteiger partial charge in [0.05, 0.1) is 5.69 Å². The molecule has 2 rings (SSSR count). The molecule has 3 N–H and O–H groups in total. The molecule has 1 fully saturated rings. The average Bonchev–Trinajstić information content (AvgIpc) is 3.07. The number of nitrogens with one attached hydrogen (secondary N) is 1. The molecule has 0 spiro atoms. The number of hydrogen-bond acceptors (Lipinski definition) is 3. The number of aromatic nitrogens is 2. The third-order valence-corrected chi connectivity index (χ3v) is 3.61. The fraction of sp³-hybridized carbons (Fsp3) is 0.714. The number of rotatable bonds is 4. The van der Waals surface area contributed by atoms with E-state index in [-0.39, 0.29) is 17.4 Å². The minimum absolute atomic E-state index is 0.0549. The van der Waals surface area contributed by atoms with Crippen LogP contribution >= 0.6 is 0 Å². The van der Waals surface area contributed by atoms with Crippen molar-refractivity contribution >= 4 is 5.91 Å². The highest BCUT2D eigenvalue weighted by Crippen LogP contribution is 2.31. The van der Waals surface area contributed by atoms with Gasteiger partial charge in [0.15, 0.2) is 0 Å². The summed E-state index contributed by atoms with van der Waals surface area (Å²) < 4.78 is 1.64. The summed E-state index contributed by atoms with van der Waals surface area (Å²) >= 11 is 0. The molecule has 1 aliphatic rings. The lowest BCUT2D eigenvalue weighted by atomic mass is 9.92. The second kappa shape index (κ2) is 4.96. The van der Waals surface area contributed by atoms with Gasteiger partial charge >= 0.3 is 0 Å². The van der Waals surface area contributed by atoms with E-state index >= 15 is 0 Å². The SMILES string of the molecule is Cn1nc(C(C)(C)C)cc1C(=O)NCC(N)C1CC1. The third kappa shape index (κ3) is 3.35. The van der Waals surface area contributed by atoms with Gasteiger partial charge in [-0.25, -0.2) is 0 Å². The van der Waals surface area contributed by atoms with Gasteiger partial charge in [-0.3, -0.25) is 9.48 Å². The lowest BCUT2D eigenvalue weighted by Gasteiger charge is -2.13. The Labute approximate surface area is 114 Å². The van der Waals surface area contributed by atoms with Gasteiger partial charge in [-0.05, 0) is 24.8 Å². The number of nitrogens with zero attached hydrogens (tertiary/aromatic N) is 2. The Bertz CT molecular complexity index is 468. The summed E-state index contributed by atoms with van der Waals surface area (Å²) in [5, 5.41) is 7.30. The van der Waals surface area contributed by atoms with E-state index in [0.29, 0.717) is 18.2 Å². The van der Waals surface area contributed by atoms with E-state index in [9.17, 15) is 4.79 Å². The number of amides is 1. The fourth-order valence-electron chi connectivity index (χ4n) is 2.04. The molecule has 19 heavy (non-hydrogen) atoms. The van der Waals surface area contributed by atoms with Gasteiger partial charge in [0.1, 0.15) is 5.69 Å². The van der Waals surface area contributed by atoms with Crippen molar-refractivity contribution in [3.8, 4) is 0 Å². The zero-order chi connectivity index (χ0) is 14.2. The first kappa shape index (κ1) is 14.1. The molecule has 0 aromatic carbocycles. The van der Waals surface area contributed by atoms with E-state index in [0.717, 1.165) is 5.69 Å². The smallest absolute Gasteiger partial charge is 0.269 e. The van der Waals surface area contributed by atoms with Crippen LogP contribution in [0.5, 0.6) is 0 Å². The molecule has 5 nitrogen and oxygen atoms in total. The van der Waals surface area contributed by atoms with Crippen LogP contribution in [0.4, 0.5) is 0 Å². The second-order valence-electron chi connectivity index (χ2n) is 6.50. The number of hydrogen-bond donors (Lipinski definition) is 2. The van der Waals surface area contributed by atoms with E-state index in [1.165, 1.54) is 12.8 Å². The van der Waals surface area contributed by atoms with Crippen LogP contribution in [0.25, 0.3) is 0 Å². The molecule has 1 aliphatic carbocycles. The highest BCUT2D eigenvalue weighted by Gasteiger charge is 2.29. The predicted octanol–water partition coefficient (Wildman–Crippen LogP) is 1.18. The molecule has 1 unspecified atom stereocenters. The van der Waals surface area contributed by atoms with Gasteiger partial charge in [0.25, 0.3) is 5.91 Å². The molecular weight excluding hydrogens is 240 g/mol. The third-order valence-electron chi connectivity index (χ3n) is 3.61. The monoisotopic (exact) mass is 264 g/mol. The van der Waals surface area contributed by atoms with Crippen molar-refractivity contribution in [2.45, 2.75) is 45.1 Å². The Morgan fingerprint density at radius 1 is 1.58 bits per heavy atom. The maximum Gasteiger partial charge on any atom is 0.269 e. The van der Waals surface area contributed by atoms with Crippen molar-refractivity contribution in [3.63, 3.8) is 0 Å². The van der Waals surface area contributed by atoms with Crippen molar-refractivity contribution in [1.82, 2.24) is 15.1 Å². The first-order chi connectivity index (χ1) is 8.79. The fourth-order valence-corrected chi connectivity index (χ4v) is 2.04. The van der Waals surface area contributed by atoms with E-state index in [1.54, 1.807) is 11.7 Å². The number of carbonyl (C=O) groups excluding carboxylic acids is 1. The van der Waals surface area contributed by atoms with Crippen molar-refractivity contribution in [1.29, 1.82) is 0 Å². The van der Waals surface area contributed by atoms with E-state index in [4.69, 9.17) is 5.73 Å². The summed E-state index contributed by atoms with van der Waals surface area (Å²) in [5.74, 6) is 0.499. The van der Waals surface area contributed by atoms with E-state index in [1.807, 2.05) is 6.07 Å². The summed E-state index contributed by atoms with van der Waals surface area (Å²) in [6, 6.07) is 1.94. The van der Waals surface area contributed by atoms with Gasteiger partial charge in [0.2, 0.25) is 0 Å². The van der Waals surface area contributed by atoms with Crippen LogP contribution < -0.4 is 11.1 Å². The quantitative estimate of drug-likeness (QED) is 0.858. The van der Waals surface area contributed by atoms with Crippen LogP contribution in [0.2, 0.25) is 0 Å². The van der Waals surface area contributed by atoms with Crippen LogP contribution in [0.1, 0.15) is 49.8 Å². The number of aryl methyl sites for hydroxylation is 1. The molecule has 106 valence electrons. The Balaban J connectivity index is 2.00. The van der Waals surface area contributed by atoms with Gasteiger partial charge in [-0.1, -0.05) is 20.8 Å². The molecule has 0 bridgehead atoms. The standard InChI is InChI=1S/C14H24N4O/c1-14(2,3)12-7-11(18(4)17-12)13(19)16-8-10(15)9-5-6-9/h7,9-10H,5-6,8,15H2,1-4H3,(H,16,19). The van der Waals surface area contributed by atoms with Gasteiger partial charge in [-0.2, -0.15) is 5.10 Å². The number of carbonyl (C=O) groups is 1. The molecule has 1 saturated carbocycles. The van der Waals surface area contributed by atoms with Crippen LogP contribution in [0.15, 0.2) is 6.07 Å². The van der Waals surface area contributed by atoms with Crippen molar-refractivity contribution in [3.05, 3.63) is 17.5 Å². The molecular formula is C14H24N4O. The topological polar surface area (TPSA) is 72.9 Å². The van der Waals surface area contributed by atoms with Crippen molar-refractivity contribution < 1.29 is 4.79 Å². The Hall–Kier alpha value is -1.36. The van der Waals surface area contributed by atoms with Crippen molar-refractivity contribution in [2.75, 3.05) is 6.54 Å². The minimum atomic E-state index is -0.0957. The molecule has 1 aromatic rings. The molecule has 1 atom stereocenters. The first-order valence-corrected chi connectivity index (χ1v) is 6.87. The highest BCUT2D eigenvalue weighted by atomic mass is 16.2. The summed E-state index contributed by atoms with van der Waals surface area (Å²) in [4.78, 5) is 12.1. The minimum Gasteiger partial charge on any atom is -0.349 e. The maximum atomic E-state index is 12.1. The second-order valence-corrected chi connectivity index (χ2v) is 6.50. The molecule has 1 amide bonds. The van der Waals surface area contributed by atoms with Gasteiger partial charge < -0.3 is 11.1 Å². The molecule has 0 radical (unpaired) electrons. The molecule has 5 heteroatoms. The Kier molecular flexibility index (Phi) is 3.67. The molecule has 1 aromatic heterocycles. The van der Waals surface area contributed by atoms with Gasteiger partial charge in [0, 0.05) is 25.0 Å². The first-order valence-electron chi connectivity index (χ1n) is 6.87. The maximum absolute atomic E-state index is 12.1. The summed E-state index contributed by atoms with van der Waals surface area (Å²) in [6.07, 6.45) is 2.38. The largest absolute Gasteiger partial charge is 0.349 e. The predicted molar refractivity (Wildman–Crippen MR) is 74.9 cm³/mol. The van der Waals surface area contributed by atoms with Crippen molar-refractivity contribution in [2.24, 2.45) is 18.7 Å². The Morgan fingerprint density at radius 3 is 2.68 bits per heavy atom. The van der Waals surface area contributed by atoms with E-state index in [2.05, 4.69) is 31.2 Å².